The molecule has 88 valence electrons. The average Bonchev–Trinajstić information content (AvgIpc) is 2.28. The maximum absolute atomic E-state index is 11.7. The fourth-order valence-electron chi connectivity index (χ4n) is 1.29. The zero-order valence-corrected chi connectivity index (χ0v) is 9.86. The van der Waals surface area contributed by atoms with Crippen LogP contribution in [-0.4, -0.2) is 31.2 Å². The number of ether oxygens (including phenoxy) is 1. The number of nitrogens with zero attached hydrogens (tertiary/aromatic N) is 2. The topological polar surface area (TPSA) is 68.5 Å². The van der Waals surface area contributed by atoms with Crippen LogP contribution in [0.15, 0.2) is 12.3 Å². The number of hydrogen-bond acceptors (Lipinski definition) is 5. The summed E-state index contributed by atoms with van der Waals surface area (Å²) in [6, 6.07) is 1.59. The fourth-order valence-corrected chi connectivity index (χ4v) is 1.29. The van der Waals surface area contributed by atoms with Crippen LogP contribution >= 0.6 is 0 Å². The maximum atomic E-state index is 11.7. The first-order chi connectivity index (χ1) is 7.60. The number of carbonyl (C=O) groups excluding carboxylic acids is 1. The lowest BCUT2D eigenvalue weighted by molar-refractivity contribution is 0.0527. The van der Waals surface area contributed by atoms with Crippen LogP contribution in [0.2, 0.25) is 0 Å². The molecule has 0 aromatic carbocycles. The molecule has 0 radical (unpaired) electrons. The van der Waals surface area contributed by atoms with Crippen molar-refractivity contribution in [1.82, 2.24) is 4.98 Å². The second kappa shape index (κ2) is 5.34. The van der Waals surface area contributed by atoms with Gasteiger partial charge in [0.25, 0.3) is 0 Å². The van der Waals surface area contributed by atoms with E-state index in [1.165, 1.54) is 6.20 Å². The van der Waals surface area contributed by atoms with Gasteiger partial charge in [-0.1, -0.05) is 0 Å². The quantitative estimate of drug-likeness (QED) is 0.779. The van der Waals surface area contributed by atoms with Gasteiger partial charge in [0.15, 0.2) is 0 Å². The van der Waals surface area contributed by atoms with E-state index >= 15 is 0 Å². The van der Waals surface area contributed by atoms with Crippen molar-refractivity contribution in [2.24, 2.45) is 0 Å². The molecular formula is C11H17N3O2. The molecule has 5 nitrogen and oxygen atoms in total. The Bertz CT molecular complexity index is 379. The van der Waals surface area contributed by atoms with Crippen molar-refractivity contribution in [1.29, 1.82) is 0 Å². The third kappa shape index (κ3) is 2.62. The van der Waals surface area contributed by atoms with E-state index in [0.29, 0.717) is 23.7 Å². The second-order valence-electron chi connectivity index (χ2n) is 3.37. The first kappa shape index (κ1) is 12.3. The summed E-state index contributed by atoms with van der Waals surface area (Å²) < 4.78 is 4.96. The zero-order valence-electron chi connectivity index (χ0n) is 9.86. The average molecular weight is 223 g/mol. The number of nitrogen functional groups attached to an aromatic ring is 1. The van der Waals surface area contributed by atoms with Gasteiger partial charge in [-0.25, -0.2) is 9.78 Å². The van der Waals surface area contributed by atoms with Crippen LogP contribution in [0.5, 0.6) is 0 Å². The van der Waals surface area contributed by atoms with Gasteiger partial charge >= 0.3 is 5.97 Å². The van der Waals surface area contributed by atoms with Crippen LogP contribution in [-0.2, 0) is 4.74 Å². The van der Waals surface area contributed by atoms with Gasteiger partial charge in [-0.3, -0.25) is 0 Å². The van der Waals surface area contributed by atoms with Crippen LogP contribution in [0.25, 0.3) is 0 Å². The van der Waals surface area contributed by atoms with E-state index in [9.17, 15) is 4.79 Å². The SMILES string of the molecule is CCOC(=O)c1cc(N)cnc1N(C)CC. The fraction of sp³-hybridized carbons (Fsp3) is 0.455. The number of esters is 1. The van der Waals surface area contributed by atoms with Crippen molar-refractivity contribution >= 4 is 17.5 Å². The Hall–Kier alpha value is -1.78. The summed E-state index contributed by atoms with van der Waals surface area (Å²) in [5, 5.41) is 0. The predicted octanol–water partition coefficient (Wildman–Crippen LogP) is 1.30. The molecule has 0 aliphatic carbocycles. The summed E-state index contributed by atoms with van der Waals surface area (Å²) >= 11 is 0. The third-order valence-electron chi connectivity index (χ3n) is 2.22. The monoisotopic (exact) mass is 223 g/mol. The number of pyridine rings is 1. The van der Waals surface area contributed by atoms with E-state index in [1.807, 2.05) is 18.9 Å². The Morgan fingerprint density at radius 3 is 2.81 bits per heavy atom. The number of nitrogens with two attached hydrogens (primary N) is 1. The highest BCUT2D eigenvalue weighted by Gasteiger charge is 2.16. The maximum Gasteiger partial charge on any atom is 0.341 e. The molecule has 0 saturated heterocycles. The summed E-state index contributed by atoms with van der Waals surface area (Å²) in [4.78, 5) is 17.7. The molecule has 1 aromatic heterocycles. The first-order valence-corrected chi connectivity index (χ1v) is 5.23. The lowest BCUT2D eigenvalue weighted by Gasteiger charge is -2.18. The number of rotatable bonds is 4. The molecule has 0 amide bonds. The van der Waals surface area contributed by atoms with Crippen molar-refractivity contribution in [3.05, 3.63) is 17.8 Å². The molecule has 0 spiro atoms. The summed E-state index contributed by atoms with van der Waals surface area (Å²) in [6.07, 6.45) is 1.53. The van der Waals surface area contributed by atoms with E-state index in [1.54, 1.807) is 13.0 Å². The van der Waals surface area contributed by atoms with E-state index in [-0.39, 0.29) is 0 Å². The van der Waals surface area contributed by atoms with Gasteiger partial charge in [0.2, 0.25) is 0 Å². The molecule has 0 bridgehead atoms. The van der Waals surface area contributed by atoms with Crippen molar-refractivity contribution in [2.75, 3.05) is 30.8 Å². The van der Waals surface area contributed by atoms with Gasteiger partial charge in [0, 0.05) is 13.6 Å². The minimum Gasteiger partial charge on any atom is -0.462 e. The molecule has 0 saturated carbocycles. The minimum absolute atomic E-state index is 0.336. The molecule has 0 fully saturated rings. The van der Waals surface area contributed by atoms with E-state index in [4.69, 9.17) is 10.5 Å². The summed E-state index contributed by atoms with van der Waals surface area (Å²) in [6.45, 7) is 4.83. The molecule has 0 unspecified atom stereocenters. The molecular weight excluding hydrogens is 206 g/mol. The van der Waals surface area contributed by atoms with Crippen molar-refractivity contribution < 1.29 is 9.53 Å². The van der Waals surface area contributed by atoms with E-state index < -0.39 is 5.97 Å². The van der Waals surface area contributed by atoms with Crippen LogP contribution in [0.4, 0.5) is 11.5 Å². The van der Waals surface area contributed by atoms with E-state index in [2.05, 4.69) is 4.98 Å². The predicted molar refractivity (Wildman–Crippen MR) is 63.5 cm³/mol. The molecule has 1 aromatic rings. The van der Waals surface area contributed by atoms with Gasteiger partial charge in [-0.05, 0) is 19.9 Å². The highest BCUT2D eigenvalue weighted by Crippen LogP contribution is 2.19. The Balaban J connectivity index is 3.12. The highest BCUT2D eigenvalue weighted by molar-refractivity contribution is 5.95. The number of aromatic nitrogens is 1. The highest BCUT2D eigenvalue weighted by atomic mass is 16.5. The summed E-state index contributed by atoms with van der Waals surface area (Å²) in [5.41, 5.74) is 6.48. The van der Waals surface area contributed by atoms with Crippen LogP contribution < -0.4 is 10.6 Å². The first-order valence-electron chi connectivity index (χ1n) is 5.23. The van der Waals surface area contributed by atoms with Gasteiger partial charge in [-0.15, -0.1) is 0 Å². The molecule has 1 heterocycles. The van der Waals surface area contributed by atoms with Crippen LogP contribution in [0.3, 0.4) is 0 Å². The summed E-state index contributed by atoms with van der Waals surface area (Å²) in [7, 11) is 1.86. The smallest absolute Gasteiger partial charge is 0.341 e. The van der Waals surface area contributed by atoms with Crippen LogP contribution in [0, 0.1) is 0 Å². The standard InChI is InChI=1S/C11H17N3O2/c1-4-14(3)10-9(11(15)16-5-2)6-8(12)7-13-10/h6-7H,4-5,12H2,1-3H3. The molecule has 1 rings (SSSR count). The molecule has 0 aliphatic rings. The zero-order chi connectivity index (χ0) is 12.1. The number of hydrogen-bond donors (Lipinski definition) is 1. The second-order valence-corrected chi connectivity index (χ2v) is 3.37. The third-order valence-corrected chi connectivity index (χ3v) is 2.22. The van der Waals surface area contributed by atoms with Crippen LogP contribution in [0.1, 0.15) is 24.2 Å². The van der Waals surface area contributed by atoms with Crippen molar-refractivity contribution in [3.8, 4) is 0 Å². The van der Waals surface area contributed by atoms with Crippen molar-refractivity contribution in [2.45, 2.75) is 13.8 Å². The number of carbonyl (C=O) groups is 1. The largest absolute Gasteiger partial charge is 0.462 e. The van der Waals surface area contributed by atoms with Gasteiger partial charge in [0.1, 0.15) is 11.4 Å². The minimum atomic E-state index is -0.391. The Kier molecular flexibility index (Phi) is 4.10. The van der Waals surface area contributed by atoms with Crippen molar-refractivity contribution in [3.63, 3.8) is 0 Å². The van der Waals surface area contributed by atoms with Gasteiger partial charge in [-0.2, -0.15) is 0 Å². The molecule has 2 N–H and O–H groups in total. The Morgan fingerprint density at radius 1 is 1.56 bits per heavy atom. The van der Waals surface area contributed by atoms with Gasteiger partial charge in [0.05, 0.1) is 18.5 Å². The van der Waals surface area contributed by atoms with Gasteiger partial charge < -0.3 is 15.4 Å². The normalized spacial score (nSPS) is 9.94. The molecule has 0 atom stereocenters. The van der Waals surface area contributed by atoms with E-state index in [0.717, 1.165) is 6.54 Å². The Labute approximate surface area is 95.2 Å². The molecule has 5 heteroatoms. The Morgan fingerprint density at radius 2 is 2.25 bits per heavy atom. The lowest BCUT2D eigenvalue weighted by Crippen LogP contribution is -2.21. The molecule has 16 heavy (non-hydrogen) atoms. The number of anilines is 2. The lowest BCUT2D eigenvalue weighted by atomic mass is 10.2. The summed E-state index contributed by atoms with van der Waals surface area (Å²) in [5.74, 6) is 0.202. The molecule has 0 aliphatic heterocycles.